The van der Waals surface area contributed by atoms with Gasteiger partial charge < -0.3 is 4.74 Å². The molecule has 0 N–H and O–H groups in total. The van der Waals surface area contributed by atoms with Gasteiger partial charge in [-0.3, -0.25) is 4.79 Å². The molecule has 0 heterocycles. The van der Waals surface area contributed by atoms with Crippen molar-refractivity contribution in [2.24, 2.45) is 0 Å². The molecule has 92 valence electrons. The van der Waals surface area contributed by atoms with E-state index in [-0.39, 0.29) is 10.0 Å². The van der Waals surface area contributed by atoms with Crippen LogP contribution in [0.4, 0.5) is 4.39 Å². The fourth-order valence-electron chi connectivity index (χ4n) is 1.35. The topological polar surface area (TPSA) is 26.3 Å². The Bertz CT molecular complexity index is 600. The van der Waals surface area contributed by atoms with E-state index in [1.807, 2.05) is 0 Å². The van der Waals surface area contributed by atoms with Crippen LogP contribution in [0.3, 0.4) is 0 Å². The third-order valence-electron chi connectivity index (χ3n) is 2.22. The van der Waals surface area contributed by atoms with E-state index in [1.165, 1.54) is 24.3 Å². The number of hydrogen-bond acceptors (Lipinski definition) is 2. The molecule has 0 radical (unpaired) electrons. The normalized spacial score (nSPS) is 10.2. The number of rotatable bonds is 3. The summed E-state index contributed by atoms with van der Waals surface area (Å²) in [5.41, 5.74) is 0.370. The van der Waals surface area contributed by atoms with E-state index < -0.39 is 5.82 Å². The molecule has 2 rings (SSSR count). The first-order valence-corrected chi connectivity index (χ1v) is 5.73. The molecular weight excluding hydrogens is 278 g/mol. The molecule has 0 bridgehead atoms. The minimum absolute atomic E-state index is 0.158. The standard InChI is InChI=1S/C13H7Cl2FO2/c14-11-6-10(3-1-8(11)7-17)18-13-4-2-9(16)5-12(13)15/h1-7H. The van der Waals surface area contributed by atoms with Gasteiger partial charge in [0.05, 0.1) is 10.0 Å². The Hall–Kier alpha value is -1.58. The SMILES string of the molecule is O=Cc1ccc(Oc2ccc(F)cc2Cl)cc1Cl. The van der Waals surface area contributed by atoms with Crippen molar-refractivity contribution in [1.29, 1.82) is 0 Å². The third kappa shape index (κ3) is 2.81. The van der Waals surface area contributed by atoms with Crippen molar-refractivity contribution in [3.8, 4) is 11.5 Å². The summed E-state index contributed by atoms with van der Waals surface area (Å²) in [6, 6.07) is 8.41. The van der Waals surface area contributed by atoms with Crippen molar-refractivity contribution < 1.29 is 13.9 Å². The molecule has 0 unspecified atom stereocenters. The fourth-order valence-corrected chi connectivity index (χ4v) is 1.77. The van der Waals surface area contributed by atoms with Gasteiger partial charge in [0, 0.05) is 11.6 Å². The van der Waals surface area contributed by atoms with Crippen LogP contribution in [0.25, 0.3) is 0 Å². The monoisotopic (exact) mass is 284 g/mol. The average Bonchev–Trinajstić information content (AvgIpc) is 2.33. The molecule has 0 atom stereocenters. The van der Waals surface area contributed by atoms with Gasteiger partial charge in [-0.15, -0.1) is 0 Å². The molecule has 5 heteroatoms. The lowest BCUT2D eigenvalue weighted by atomic mass is 10.2. The van der Waals surface area contributed by atoms with E-state index >= 15 is 0 Å². The zero-order valence-corrected chi connectivity index (χ0v) is 10.5. The van der Waals surface area contributed by atoms with Crippen LogP contribution in [-0.2, 0) is 0 Å². The van der Waals surface area contributed by atoms with E-state index in [9.17, 15) is 9.18 Å². The molecule has 0 amide bonds. The predicted molar refractivity (Wildman–Crippen MR) is 68.3 cm³/mol. The van der Waals surface area contributed by atoms with Crippen LogP contribution in [0.15, 0.2) is 36.4 Å². The Balaban J connectivity index is 2.28. The Labute approximate surface area is 113 Å². The summed E-state index contributed by atoms with van der Waals surface area (Å²) in [6.45, 7) is 0. The number of ether oxygens (including phenoxy) is 1. The molecule has 0 aromatic heterocycles. The summed E-state index contributed by atoms with van der Waals surface area (Å²) in [4.78, 5) is 10.6. The minimum atomic E-state index is -0.443. The Morgan fingerprint density at radius 3 is 2.44 bits per heavy atom. The molecule has 2 aromatic carbocycles. The van der Waals surface area contributed by atoms with Gasteiger partial charge in [0.15, 0.2) is 6.29 Å². The zero-order chi connectivity index (χ0) is 13.1. The predicted octanol–water partition coefficient (Wildman–Crippen LogP) is 4.74. The van der Waals surface area contributed by atoms with Gasteiger partial charge in [-0.1, -0.05) is 23.2 Å². The van der Waals surface area contributed by atoms with Gasteiger partial charge in [0.2, 0.25) is 0 Å². The second kappa shape index (κ2) is 5.38. The number of hydrogen-bond donors (Lipinski definition) is 0. The van der Waals surface area contributed by atoms with Crippen LogP contribution in [0.5, 0.6) is 11.5 Å². The summed E-state index contributed by atoms with van der Waals surface area (Å²) < 4.78 is 18.3. The molecule has 0 saturated carbocycles. The highest BCUT2D eigenvalue weighted by molar-refractivity contribution is 6.33. The molecule has 2 nitrogen and oxygen atoms in total. The Kier molecular flexibility index (Phi) is 3.84. The number of carbonyl (C=O) groups excluding carboxylic acids is 1. The van der Waals surface area contributed by atoms with Crippen molar-refractivity contribution in [2.75, 3.05) is 0 Å². The summed E-state index contributed by atoms with van der Waals surface area (Å²) in [7, 11) is 0. The molecule has 18 heavy (non-hydrogen) atoms. The largest absolute Gasteiger partial charge is 0.456 e. The van der Waals surface area contributed by atoms with Crippen LogP contribution >= 0.6 is 23.2 Å². The lowest BCUT2D eigenvalue weighted by Gasteiger charge is -2.08. The van der Waals surface area contributed by atoms with Crippen LogP contribution in [0.1, 0.15) is 10.4 Å². The van der Waals surface area contributed by atoms with E-state index in [4.69, 9.17) is 27.9 Å². The summed E-state index contributed by atoms with van der Waals surface area (Å²) in [5, 5.41) is 0.436. The number of benzene rings is 2. The van der Waals surface area contributed by atoms with Gasteiger partial charge in [-0.05, 0) is 30.3 Å². The van der Waals surface area contributed by atoms with E-state index in [1.54, 1.807) is 6.07 Å². The van der Waals surface area contributed by atoms with Crippen LogP contribution in [-0.4, -0.2) is 6.29 Å². The lowest BCUT2D eigenvalue weighted by Crippen LogP contribution is -1.88. The zero-order valence-electron chi connectivity index (χ0n) is 8.99. The second-order valence-corrected chi connectivity index (χ2v) is 4.29. The van der Waals surface area contributed by atoms with Gasteiger partial charge in [0.1, 0.15) is 17.3 Å². The van der Waals surface area contributed by atoms with E-state index in [2.05, 4.69) is 0 Å². The highest BCUT2D eigenvalue weighted by Gasteiger charge is 2.06. The first-order valence-electron chi connectivity index (χ1n) is 4.98. The van der Waals surface area contributed by atoms with Crippen molar-refractivity contribution in [3.05, 3.63) is 57.8 Å². The molecule has 0 aliphatic carbocycles. The molecule has 0 aliphatic rings. The van der Waals surface area contributed by atoms with Crippen molar-refractivity contribution in [1.82, 2.24) is 0 Å². The maximum absolute atomic E-state index is 12.8. The number of aldehydes is 1. The van der Waals surface area contributed by atoms with Crippen LogP contribution in [0, 0.1) is 5.82 Å². The van der Waals surface area contributed by atoms with Gasteiger partial charge in [-0.25, -0.2) is 4.39 Å². The van der Waals surface area contributed by atoms with Gasteiger partial charge in [-0.2, -0.15) is 0 Å². The number of halogens is 3. The fraction of sp³-hybridized carbons (Fsp3) is 0. The Morgan fingerprint density at radius 2 is 1.83 bits per heavy atom. The van der Waals surface area contributed by atoms with E-state index in [0.29, 0.717) is 23.3 Å². The summed E-state index contributed by atoms with van der Waals surface area (Å²) in [6.07, 6.45) is 0.650. The molecule has 0 saturated heterocycles. The average molecular weight is 285 g/mol. The Morgan fingerprint density at radius 1 is 1.06 bits per heavy atom. The van der Waals surface area contributed by atoms with Crippen molar-refractivity contribution >= 4 is 29.5 Å². The molecule has 0 spiro atoms. The second-order valence-electron chi connectivity index (χ2n) is 3.48. The van der Waals surface area contributed by atoms with Gasteiger partial charge >= 0.3 is 0 Å². The first kappa shape index (κ1) is 12.9. The molecule has 2 aromatic rings. The maximum Gasteiger partial charge on any atom is 0.151 e. The smallest absolute Gasteiger partial charge is 0.151 e. The first-order chi connectivity index (χ1) is 8.60. The van der Waals surface area contributed by atoms with E-state index in [0.717, 1.165) is 6.07 Å². The molecular formula is C13H7Cl2FO2. The highest BCUT2D eigenvalue weighted by atomic mass is 35.5. The van der Waals surface area contributed by atoms with Crippen LogP contribution < -0.4 is 4.74 Å². The van der Waals surface area contributed by atoms with Crippen molar-refractivity contribution in [3.63, 3.8) is 0 Å². The third-order valence-corrected chi connectivity index (χ3v) is 2.84. The van der Waals surface area contributed by atoms with Gasteiger partial charge in [0.25, 0.3) is 0 Å². The quantitative estimate of drug-likeness (QED) is 0.761. The summed E-state index contributed by atoms with van der Waals surface area (Å²) >= 11 is 11.7. The number of carbonyl (C=O) groups is 1. The van der Waals surface area contributed by atoms with Crippen LogP contribution in [0.2, 0.25) is 10.0 Å². The molecule has 0 aliphatic heterocycles. The highest BCUT2D eigenvalue weighted by Crippen LogP contribution is 2.31. The molecule has 0 fully saturated rings. The summed E-state index contributed by atoms with van der Waals surface area (Å²) in [5.74, 6) is 0.286. The maximum atomic E-state index is 12.8. The lowest BCUT2D eigenvalue weighted by molar-refractivity contribution is 0.112. The van der Waals surface area contributed by atoms with Crippen molar-refractivity contribution in [2.45, 2.75) is 0 Å². The minimum Gasteiger partial charge on any atom is -0.456 e.